The van der Waals surface area contributed by atoms with Crippen molar-refractivity contribution in [1.29, 1.82) is 0 Å². The number of carbonyl (C=O) groups excluding carboxylic acids is 1. The van der Waals surface area contributed by atoms with Crippen molar-refractivity contribution in [3.63, 3.8) is 0 Å². The second kappa shape index (κ2) is 7.10. The molecule has 0 rings (SSSR count). The topological polar surface area (TPSA) is 75.3 Å². The highest BCUT2D eigenvalue weighted by molar-refractivity contribution is 5.75. The van der Waals surface area contributed by atoms with E-state index in [-0.39, 0.29) is 11.3 Å². The maximum Gasteiger partial charge on any atom is 0.220 e. The SMILES string of the molecule is CC(C)(O)CNC(=O)CCC(CCN)C(C)(C)C. The van der Waals surface area contributed by atoms with Crippen LogP contribution in [0.5, 0.6) is 0 Å². The van der Waals surface area contributed by atoms with E-state index in [4.69, 9.17) is 5.73 Å². The molecule has 4 heteroatoms. The zero-order chi connectivity index (χ0) is 14.4. The number of hydrogen-bond donors (Lipinski definition) is 3. The fourth-order valence-corrected chi connectivity index (χ4v) is 1.92. The highest BCUT2D eigenvalue weighted by Crippen LogP contribution is 2.31. The lowest BCUT2D eigenvalue weighted by Gasteiger charge is -2.30. The van der Waals surface area contributed by atoms with E-state index in [1.807, 2.05) is 0 Å². The summed E-state index contributed by atoms with van der Waals surface area (Å²) in [6, 6.07) is 0. The third-order valence-corrected chi connectivity index (χ3v) is 3.18. The number of hydrogen-bond acceptors (Lipinski definition) is 3. The molecule has 0 aromatic carbocycles. The van der Waals surface area contributed by atoms with E-state index in [0.717, 1.165) is 12.8 Å². The maximum absolute atomic E-state index is 11.7. The van der Waals surface area contributed by atoms with Crippen LogP contribution in [-0.2, 0) is 4.79 Å². The predicted molar refractivity (Wildman–Crippen MR) is 75.2 cm³/mol. The summed E-state index contributed by atoms with van der Waals surface area (Å²) in [5, 5.41) is 12.3. The van der Waals surface area contributed by atoms with Crippen LogP contribution in [0.25, 0.3) is 0 Å². The van der Waals surface area contributed by atoms with Crippen molar-refractivity contribution in [3.05, 3.63) is 0 Å². The molecular formula is C14H30N2O2. The van der Waals surface area contributed by atoms with Gasteiger partial charge in [0.1, 0.15) is 0 Å². The molecular weight excluding hydrogens is 228 g/mol. The first-order chi connectivity index (χ1) is 8.06. The molecule has 0 heterocycles. The van der Waals surface area contributed by atoms with Crippen LogP contribution in [0.15, 0.2) is 0 Å². The minimum atomic E-state index is -0.851. The van der Waals surface area contributed by atoms with Crippen LogP contribution in [0.4, 0.5) is 0 Å². The molecule has 0 aliphatic rings. The molecule has 0 radical (unpaired) electrons. The smallest absolute Gasteiger partial charge is 0.220 e. The van der Waals surface area contributed by atoms with Gasteiger partial charge < -0.3 is 16.2 Å². The van der Waals surface area contributed by atoms with Gasteiger partial charge in [-0.3, -0.25) is 4.79 Å². The van der Waals surface area contributed by atoms with Crippen LogP contribution in [0.3, 0.4) is 0 Å². The van der Waals surface area contributed by atoms with Gasteiger partial charge in [0.05, 0.1) is 5.60 Å². The van der Waals surface area contributed by atoms with Crippen molar-refractivity contribution in [2.75, 3.05) is 13.1 Å². The number of amides is 1. The zero-order valence-electron chi connectivity index (χ0n) is 12.5. The lowest BCUT2D eigenvalue weighted by Crippen LogP contribution is -2.38. The van der Waals surface area contributed by atoms with Crippen LogP contribution in [0.2, 0.25) is 0 Å². The number of nitrogens with two attached hydrogens (primary N) is 1. The van der Waals surface area contributed by atoms with Crippen molar-refractivity contribution in [2.24, 2.45) is 17.1 Å². The summed E-state index contributed by atoms with van der Waals surface area (Å²) in [7, 11) is 0. The molecule has 1 amide bonds. The summed E-state index contributed by atoms with van der Waals surface area (Å²) >= 11 is 0. The molecule has 0 aliphatic carbocycles. The molecule has 18 heavy (non-hydrogen) atoms. The Hall–Kier alpha value is -0.610. The Bertz CT molecular complexity index is 252. The Morgan fingerprint density at radius 2 is 1.78 bits per heavy atom. The molecule has 1 unspecified atom stereocenters. The molecule has 0 fully saturated rings. The van der Waals surface area contributed by atoms with Crippen LogP contribution >= 0.6 is 0 Å². The lowest BCUT2D eigenvalue weighted by molar-refractivity contribution is -0.122. The zero-order valence-corrected chi connectivity index (χ0v) is 12.5. The minimum absolute atomic E-state index is 0.00314. The summed E-state index contributed by atoms with van der Waals surface area (Å²) in [5.74, 6) is 0.457. The average molecular weight is 258 g/mol. The Kier molecular flexibility index (Phi) is 6.86. The Balaban J connectivity index is 4.08. The summed E-state index contributed by atoms with van der Waals surface area (Å²) in [6.07, 6.45) is 2.29. The first-order valence-corrected chi connectivity index (χ1v) is 6.75. The third kappa shape index (κ3) is 8.48. The fourth-order valence-electron chi connectivity index (χ4n) is 1.92. The minimum Gasteiger partial charge on any atom is -0.389 e. The van der Waals surface area contributed by atoms with Gasteiger partial charge in [-0.25, -0.2) is 0 Å². The van der Waals surface area contributed by atoms with Crippen molar-refractivity contribution < 1.29 is 9.90 Å². The first kappa shape index (κ1) is 17.4. The van der Waals surface area contributed by atoms with Crippen molar-refractivity contribution in [2.45, 2.75) is 59.5 Å². The van der Waals surface area contributed by atoms with Gasteiger partial charge in [-0.05, 0) is 44.6 Å². The number of rotatable bonds is 7. The number of nitrogens with one attached hydrogen (secondary N) is 1. The lowest BCUT2D eigenvalue weighted by atomic mass is 9.76. The first-order valence-electron chi connectivity index (χ1n) is 6.75. The molecule has 4 N–H and O–H groups in total. The normalized spacial score (nSPS) is 14.4. The average Bonchev–Trinajstić information content (AvgIpc) is 2.18. The molecule has 0 bridgehead atoms. The predicted octanol–water partition coefficient (Wildman–Crippen LogP) is 1.66. The van der Waals surface area contributed by atoms with E-state index in [1.165, 1.54) is 0 Å². The Morgan fingerprint density at radius 1 is 1.22 bits per heavy atom. The van der Waals surface area contributed by atoms with Crippen LogP contribution in [0, 0.1) is 11.3 Å². The van der Waals surface area contributed by atoms with E-state index in [0.29, 0.717) is 25.4 Å². The summed E-state index contributed by atoms with van der Waals surface area (Å²) in [4.78, 5) is 11.7. The molecule has 0 spiro atoms. The maximum atomic E-state index is 11.7. The van der Waals surface area contributed by atoms with Gasteiger partial charge in [0.2, 0.25) is 5.91 Å². The van der Waals surface area contributed by atoms with Crippen LogP contribution < -0.4 is 11.1 Å². The summed E-state index contributed by atoms with van der Waals surface area (Å²) < 4.78 is 0. The molecule has 0 saturated carbocycles. The molecule has 0 saturated heterocycles. The van der Waals surface area contributed by atoms with Crippen LogP contribution in [-0.4, -0.2) is 29.7 Å². The third-order valence-electron chi connectivity index (χ3n) is 3.18. The van der Waals surface area contributed by atoms with Gasteiger partial charge in [-0.2, -0.15) is 0 Å². The van der Waals surface area contributed by atoms with Gasteiger partial charge in [0, 0.05) is 13.0 Å². The molecule has 0 aromatic heterocycles. The van der Waals surface area contributed by atoms with Gasteiger partial charge >= 0.3 is 0 Å². The molecule has 0 aliphatic heterocycles. The van der Waals surface area contributed by atoms with Crippen molar-refractivity contribution >= 4 is 5.91 Å². The van der Waals surface area contributed by atoms with E-state index >= 15 is 0 Å². The number of carbonyl (C=O) groups is 1. The van der Waals surface area contributed by atoms with E-state index < -0.39 is 5.60 Å². The molecule has 0 aromatic rings. The standard InChI is InChI=1S/C14H30N2O2/c1-13(2,3)11(8-9-15)6-7-12(17)16-10-14(4,5)18/h11,18H,6-10,15H2,1-5H3,(H,16,17). The molecule has 4 nitrogen and oxygen atoms in total. The molecule has 1 atom stereocenters. The fraction of sp³-hybridized carbons (Fsp3) is 0.929. The Morgan fingerprint density at radius 3 is 2.17 bits per heavy atom. The van der Waals surface area contributed by atoms with Gasteiger partial charge in [0.25, 0.3) is 0 Å². The van der Waals surface area contributed by atoms with E-state index in [1.54, 1.807) is 13.8 Å². The second-order valence-corrected chi connectivity index (χ2v) is 6.77. The van der Waals surface area contributed by atoms with Crippen LogP contribution in [0.1, 0.15) is 53.9 Å². The van der Waals surface area contributed by atoms with Gasteiger partial charge in [-0.15, -0.1) is 0 Å². The summed E-state index contributed by atoms with van der Waals surface area (Å²) in [5.41, 5.74) is 4.94. The highest BCUT2D eigenvalue weighted by atomic mass is 16.3. The van der Waals surface area contributed by atoms with Gasteiger partial charge in [0.15, 0.2) is 0 Å². The monoisotopic (exact) mass is 258 g/mol. The van der Waals surface area contributed by atoms with Crippen molar-refractivity contribution in [3.8, 4) is 0 Å². The largest absolute Gasteiger partial charge is 0.389 e. The van der Waals surface area contributed by atoms with E-state index in [2.05, 4.69) is 26.1 Å². The highest BCUT2D eigenvalue weighted by Gasteiger charge is 2.24. The Labute approximate surface area is 111 Å². The van der Waals surface area contributed by atoms with Gasteiger partial charge in [-0.1, -0.05) is 20.8 Å². The molecule has 108 valence electrons. The van der Waals surface area contributed by atoms with Crippen molar-refractivity contribution in [1.82, 2.24) is 5.32 Å². The quantitative estimate of drug-likeness (QED) is 0.650. The second-order valence-electron chi connectivity index (χ2n) is 6.77. The van der Waals surface area contributed by atoms with E-state index in [9.17, 15) is 9.90 Å². The number of aliphatic hydroxyl groups is 1. The summed E-state index contributed by atoms with van der Waals surface area (Å²) in [6.45, 7) is 10.9.